The Hall–Kier alpha value is -2.24. The molecule has 1 N–H and O–H groups in total. The van der Waals surface area contributed by atoms with Crippen molar-refractivity contribution in [2.75, 3.05) is 13.1 Å². The molecule has 1 spiro atoms. The number of likely N-dealkylation sites (tertiary alicyclic amines) is 1. The third kappa shape index (κ3) is 2.19. The number of hydrogen-bond acceptors (Lipinski definition) is 3. The smallest absolute Gasteiger partial charge is 0.407 e. The molecule has 2 heterocycles. The molecule has 0 aliphatic carbocycles. The van der Waals surface area contributed by atoms with Crippen LogP contribution in [-0.4, -0.2) is 51.8 Å². The normalized spacial score (nSPS) is 20.0. The van der Waals surface area contributed by atoms with Crippen molar-refractivity contribution < 1.29 is 19.4 Å². The van der Waals surface area contributed by atoms with Crippen LogP contribution >= 0.6 is 0 Å². The lowest BCUT2D eigenvalue weighted by Gasteiger charge is -2.52. The summed E-state index contributed by atoms with van der Waals surface area (Å²) in [6, 6.07) is 7.22. The van der Waals surface area contributed by atoms with Gasteiger partial charge in [-0.2, -0.15) is 0 Å². The average Bonchev–Trinajstić information content (AvgIpc) is 2.47. The maximum absolute atomic E-state index is 12.9. The van der Waals surface area contributed by atoms with Gasteiger partial charge in [-0.15, -0.1) is 0 Å². The fraction of sp³-hybridized carbons (Fsp3) is 0.500. The topological polar surface area (TPSA) is 70.1 Å². The minimum Gasteiger partial charge on any atom is -0.467 e. The Kier molecular flexibility index (Phi) is 3.47. The number of benzene rings is 1. The van der Waals surface area contributed by atoms with Crippen LogP contribution in [0.2, 0.25) is 0 Å². The Morgan fingerprint density at radius 3 is 2.50 bits per heavy atom. The van der Waals surface area contributed by atoms with Gasteiger partial charge in [-0.3, -0.25) is 9.69 Å². The van der Waals surface area contributed by atoms with Crippen LogP contribution in [0.3, 0.4) is 0 Å². The molecular formula is C16H20N2O4. The predicted molar refractivity (Wildman–Crippen MR) is 79.9 cm³/mol. The van der Waals surface area contributed by atoms with Crippen molar-refractivity contribution >= 4 is 12.0 Å². The molecule has 1 saturated heterocycles. The molecule has 1 aromatic rings. The van der Waals surface area contributed by atoms with Crippen LogP contribution in [-0.2, 0) is 0 Å². The Bertz CT molecular complexity index is 606. The third-order valence-electron chi connectivity index (χ3n) is 4.41. The number of carbonyl (C=O) groups is 2. The zero-order chi connectivity index (χ0) is 15.9. The molecule has 0 radical (unpaired) electrons. The lowest BCUT2D eigenvalue weighted by Crippen LogP contribution is -2.65. The largest absolute Gasteiger partial charge is 0.467 e. The number of hydrogen-bond donors (Lipinski definition) is 1. The summed E-state index contributed by atoms with van der Waals surface area (Å²) < 4.78 is 6.22. The van der Waals surface area contributed by atoms with Crippen molar-refractivity contribution in [1.82, 2.24) is 9.80 Å². The molecule has 22 heavy (non-hydrogen) atoms. The molecule has 0 unspecified atom stereocenters. The highest BCUT2D eigenvalue weighted by Gasteiger charge is 2.50. The summed E-state index contributed by atoms with van der Waals surface area (Å²) >= 11 is 0. The lowest BCUT2D eigenvalue weighted by molar-refractivity contribution is -0.118. The Morgan fingerprint density at radius 1 is 1.27 bits per heavy atom. The first-order valence-electron chi connectivity index (χ1n) is 7.54. The summed E-state index contributed by atoms with van der Waals surface area (Å²) in [4.78, 5) is 27.1. The number of fused-ring (bicyclic) bond motifs is 1. The first-order chi connectivity index (χ1) is 10.4. The number of carbonyl (C=O) groups excluding carboxylic acids is 1. The number of nitrogens with zero attached hydrogens (tertiary/aromatic N) is 2. The highest BCUT2D eigenvalue weighted by Crippen LogP contribution is 2.40. The number of ether oxygens (including phenoxy) is 1. The Balaban J connectivity index is 1.97. The molecule has 2 aliphatic heterocycles. The van der Waals surface area contributed by atoms with E-state index in [2.05, 4.69) is 0 Å². The van der Waals surface area contributed by atoms with Gasteiger partial charge in [0.15, 0.2) is 5.72 Å². The second kappa shape index (κ2) is 5.19. The molecule has 2 amide bonds. The van der Waals surface area contributed by atoms with Crippen LogP contribution in [0.4, 0.5) is 4.79 Å². The van der Waals surface area contributed by atoms with Crippen LogP contribution in [0.1, 0.15) is 37.0 Å². The molecule has 0 aromatic heterocycles. The van der Waals surface area contributed by atoms with Crippen molar-refractivity contribution in [1.29, 1.82) is 0 Å². The SMILES string of the molecule is CC(C)N1C(=O)c2ccccc2OC12CCN(C(=O)O)CC2. The maximum Gasteiger partial charge on any atom is 0.407 e. The van der Waals surface area contributed by atoms with Gasteiger partial charge in [0.25, 0.3) is 5.91 Å². The number of rotatable bonds is 1. The zero-order valence-corrected chi connectivity index (χ0v) is 12.8. The fourth-order valence-corrected chi connectivity index (χ4v) is 3.40. The Labute approximate surface area is 129 Å². The van der Waals surface area contributed by atoms with Crippen molar-refractivity contribution in [3.8, 4) is 5.75 Å². The first kappa shape index (κ1) is 14.7. The van der Waals surface area contributed by atoms with Crippen LogP contribution < -0.4 is 4.74 Å². The quantitative estimate of drug-likeness (QED) is 0.865. The van der Waals surface area contributed by atoms with E-state index in [1.54, 1.807) is 17.0 Å². The summed E-state index contributed by atoms with van der Waals surface area (Å²) in [6.07, 6.45) is 0.0447. The number of carboxylic acid groups (broad SMARTS) is 1. The van der Waals surface area contributed by atoms with E-state index in [0.717, 1.165) is 0 Å². The molecular weight excluding hydrogens is 284 g/mol. The number of para-hydroxylation sites is 1. The summed E-state index contributed by atoms with van der Waals surface area (Å²) in [5, 5.41) is 9.11. The van der Waals surface area contributed by atoms with Gasteiger partial charge in [0.2, 0.25) is 0 Å². The minimum atomic E-state index is -0.923. The van der Waals surface area contributed by atoms with E-state index in [4.69, 9.17) is 9.84 Å². The van der Waals surface area contributed by atoms with Gasteiger partial charge in [0.1, 0.15) is 5.75 Å². The van der Waals surface area contributed by atoms with Crippen molar-refractivity contribution in [3.05, 3.63) is 29.8 Å². The van der Waals surface area contributed by atoms with Crippen LogP contribution in [0, 0.1) is 0 Å². The van der Waals surface area contributed by atoms with Gasteiger partial charge in [0, 0.05) is 32.0 Å². The van der Waals surface area contributed by atoms with E-state index in [9.17, 15) is 9.59 Å². The van der Waals surface area contributed by atoms with E-state index < -0.39 is 11.8 Å². The van der Waals surface area contributed by atoms with Gasteiger partial charge in [-0.25, -0.2) is 4.79 Å². The first-order valence-corrected chi connectivity index (χ1v) is 7.54. The molecule has 6 nitrogen and oxygen atoms in total. The zero-order valence-electron chi connectivity index (χ0n) is 12.8. The fourth-order valence-electron chi connectivity index (χ4n) is 3.40. The molecule has 118 valence electrons. The second-order valence-electron chi connectivity index (χ2n) is 6.08. The highest BCUT2D eigenvalue weighted by molar-refractivity contribution is 5.98. The van der Waals surface area contributed by atoms with Gasteiger partial charge in [0.05, 0.1) is 5.56 Å². The van der Waals surface area contributed by atoms with E-state index in [-0.39, 0.29) is 11.9 Å². The summed E-state index contributed by atoms with van der Waals surface area (Å²) in [6.45, 7) is 4.66. The summed E-state index contributed by atoms with van der Waals surface area (Å²) in [5.41, 5.74) is -0.173. The summed E-state index contributed by atoms with van der Waals surface area (Å²) in [5.74, 6) is 0.550. The second-order valence-corrected chi connectivity index (χ2v) is 6.08. The molecule has 2 aliphatic rings. The highest BCUT2D eigenvalue weighted by atomic mass is 16.5. The van der Waals surface area contributed by atoms with Gasteiger partial charge < -0.3 is 14.7 Å². The van der Waals surface area contributed by atoms with Crippen molar-refractivity contribution in [2.45, 2.75) is 38.5 Å². The van der Waals surface area contributed by atoms with Crippen LogP contribution in [0.15, 0.2) is 24.3 Å². The van der Waals surface area contributed by atoms with Gasteiger partial charge in [-0.1, -0.05) is 12.1 Å². The van der Waals surface area contributed by atoms with E-state index in [1.165, 1.54) is 4.90 Å². The van der Waals surface area contributed by atoms with Crippen LogP contribution in [0.5, 0.6) is 5.75 Å². The lowest BCUT2D eigenvalue weighted by atomic mass is 9.93. The maximum atomic E-state index is 12.9. The Morgan fingerprint density at radius 2 is 1.91 bits per heavy atom. The number of amides is 2. The van der Waals surface area contributed by atoms with E-state index >= 15 is 0 Å². The van der Waals surface area contributed by atoms with E-state index in [0.29, 0.717) is 37.2 Å². The van der Waals surface area contributed by atoms with Gasteiger partial charge in [-0.05, 0) is 26.0 Å². The third-order valence-corrected chi connectivity index (χ3v) is 4.41. The minimum absolute atomic E-state index is 0.0164. The van der Waals surface area contributed by atoms with Gasteiger partial charge >= 0.3 is 6.09 Å². The molecule has 3 rings (SSSR count). The molecule has 6 heteroatoms. The molecule has 0 bridgehead atoms. The monoisotopic (exact) mass is 304 g/mol. The molecule has 1 fully saturated rings. The predicted octanol–water partition coefficient (Wildman–Crippen LogP) is 2.40. The van der Waals surface area contributed by atoms with Crippen molar-refractivity contribution in [3.63, 3.8) is 0 Å². The van der Waals surface area contributed by atoms with Crippen molar-refractivity contribution in [2.24, 2.45) is 0 Å². The molecule has 0 saturated carbocycles. The van der Waals surface area contributed by atoms with Crippen LogP contribution in [0.25, 0.3) is 0 Å². The standard InChI is InChI=1S/C16H20N2O4/c1-11(2)18-14(19)12-5-3-4-6-13(12)22-16(18)7-9-17(10-8-16)15(20)21/h3-6,11H,7-10H2,1-2H3,(H,20,21). The molecule has 1 aromatic carbocycles. The summed E-state index contributed by atoms with van der Waals surface area (Å²) in [7, 11) is 0. The van der Waals surface area contributed by atoms with E-state index in [1.807, 2.05) is 26.0 Å². The molecule has 0 atom stereocenters. The average molecular weight is 304 g/mol. The number of piperidine rings is 1.